The zero-order valence-electron chi connectivity index (χ0n) is 10.2. The second kappa shape index (κ2) is 4.81. The maximum Gasteiger partial charge on any atom is 0.0636 e. The molecule has 1 N–H and O–H groups in total. The van der Waals surface area contributed by atoms with Crippen LogP contribution >= 0.6 is 0 Å². The molecule has 1 saturated heterocycles. The largest absolute Gasteiger partial charge is 0.380 e. The van der Waals surface area contributed by atoms with Crippen molar-refractivity contribution in [1.29, 1.82) is 0 Å². The molecule has 0 spiro atoms. The summed E-state index contributed by atoms with van der Waals surface area (Å²) in [5.41, 5.74) is 0. The predicted molar refractivity (Wildman–Crippen MR) is 62.0 cm³/mol. The van der Waals surface area contributed by atoms with Gasteiger partial charge in [0.05, 0.1) is 6.61 Å². The quantitative estimate of drug-likeness (QED) is 0.751. The molecule has 0 bridgehead atoms. The van der Waals surface area contributed by atoms with Gasteiger partial charge in [0.2, 0.25) is 0 Å². The second-order valence-corrected chi connectivity index (χ2v) is 5.24. The molecule has 1 heterocycles. The van der Waals surface area contributed by atoms with Crippen LogP contribution in [0.15, 0.2) is 0 Å². The van der Waals surface area contributed by atoms with Crippen LogP contribution in [0.4, 0.5) is 0 Å². The molecule has 0 aromatic heterocycles. The van der Waals surface area contributed by atoms with Crippen molar-refractivity contribution in [2.45, 2.75) is 31.8 Å². The molecule has 2 fully saturated rings. The number of rotatable bonds is 4. The minimum atomic E-state index is 0.566. The Hall–Kier alpha value is -0.120. The summed E-state index contributed by atoms with van der Waals surface area (Å²) < 4.78 is 5.58. The minimum absolute atomic E-state index is 0.566. The number of nitrogens with zero attached hydrogens (tertiary/aromatic N) is 1. The Morgan fingerprint density at radius 3 is 2.80 bits per heavy atom. The van der Waals surface area contributed by atoms with Crippen molar-refractivity contribution in [3.63, 3.8) is 0 Å². The van der Waals surface area contributed by atoms with E-state index in [2.05, 4.69) is 31.2 Å². The summed E-state index contributed by atoms with van der Waals surface area (Å²) >= 11 is 0. The van der Waals surface area contributed by atoms with Crippen molar-refractivity contribution in [2.24, 2.45) is 11.8 Å². The van der Waals surface area contributed by atoms with Gasteiger partial charge < -0.3 is 10.1 Å². The Balaban J connectivity index is 1.83. The van der Waals surface area contributed by atoms with Crippen LogP contribution in [-0.2, 0) is 4.74 Å². The molecule has 0 aromatic rings. The lowest BCUT2D eigenvalue weighted by Crippen LogP contribution is -2.53. The standard InChI is InChI=1S/C12H24N2O/c1-9-6-10(9)7-14(3)12-8-15-5-4-11(12)13-2/h9-13H,4-8H2,1-3H3. The first-order valence-electron chi connectivity index (χ1n) is 6.17. The maximum absolute atomic E-state index is 5.58. The van der Waals surface area contributed by atoms with E-state index >= 15 is 0 Å². The van der Waals surface area contributed by atoms with E-state index in [-0.39, 0.29) is 0 Å². The molecule has 1 saturated carbocycles. The Kier molecular flexibility index (Phi) is 3.65. The van der Waals surface area contributed by atoms with Crippen molar-refractivity contribution in [3.05, 3.63) is 0 Å². The van der Waals surface area contributed by atoms with Crippen molar-refractivity contribution in [1.82, 2.24) is 10.2 Å². The molecular weight excluding hydrogens is 188 g/mol. The highest BCUT2D eigenvalue weighted by Crippen LogP contribution is 2.38. The fraction of sp³-hybridized carbons (Fsp3) is 1.00. The van der Waals surface area contributed by atoms with Crippen LogP contribution in [0, 0.1) is 11.8 Å². The van der Waals surface area contributed by atoms with Gasteiger partial charge in [0.25, 0.3) is 0 Å². The Bertz CT molecular complexity index is 210. The molecule has 15 heavy (non-hydrogen) atoms. The monoisotopic (exact) mass is 212 g/mol. The van der Waals surface area contributed by atoms with Crippen LogP contribution in [0.25, 0.3) is 0 Å². The highest BCUT2D eigenvalue weighted by atomic mass is 16.5. The Labute approximate surface area is 93.2 Å². The molecule has 0 amide bonds. The van der Waals surface area contributed by atoms with Crippen molar-refractivity contribution >= 4 is 0 Å². The van der Waals surface area contributed by atoms with Gasteiger partial charge >= 0.3 is 0 Å². The van der Waals surface area contributed by atoms with Crippen LogP contribution in [0.5, 0.6) is 0 Å². The van der Waals surface area contributed by atoms with E-state index < -0.39 is 0 Å². The topological polar surface area (TPSA) is 24.5 Å². The summed E-state index contributed by atoms with van der Waals surface area (Å²) in [6.07, 6.45) is 2.56. The lowest BCUT2D eigenvalue weighted by Gasteiger charge is -2.37. The first-order chi connectivity index (χ1) is 7.22. The van der Waals surface area contributed by atoms with Crippen LogP contribution in [0.3, 0.4) is 0 Å². The number of ether oxygens (including phenoxy) is 1. The smallest absolute Gasteiger partial charge is 0.0636 e. The number of hydrogen-bond acceptors (Lipinski definition) is 3. The lowest BCUT2D eigenvalue weighted by molar-refractivity contribution is 0.00616. The van der Waals surface area contributed by atoms with E-state index in [1.54, 1.807) is 0 Å². The van der Waals surface area contributed by atoms with E-state index in [4.69, 9.17) is 4.74 Å². The molecule has 1 aliphatic heterocycles. The average molecular weight is 212 g/mol. The highest BCUT2D eigenvalue weighted by molar-refractivity contribution is 4.90. The third-order valence-electron chi connectivity index (χ3n) is 4.06. The lowest BCUT2D eigenvalue weighted by atomic mass is 10.0. The van der Waals surface area contributed by atoms with Gasteiger partial charge in [-0.15, -0.1) is 0 Å². The van der Waals surface area contributed by atoms with Crippen LogP contribution < -0.4 is 5.32 Å². The molecule has 4 atom stereocenters. The van der Waals surface area contributed by atoms with Crippen LogP contribution in [0.1, 0.15) is 19.8 Å². The molecule has 3 heteroatoms. The summed E-state index contributed by atoms with van der Waals surface area (Å²) in [6.45, 7) is 5.40. The van der Waals surface area contributed by atoms with Crippen LogP contribution in [-0.4, -0.2) is 50.8 Å². The Morgan fingerprint density at radius 1 is 1.47 bits per heavy atom. The molecule has 2 aliphatic rings. The van der Waals surface area contributed by atoms with Crippen LogP contribution in [0.2, 0.25) is 0 Å². The number of likely N-dealkylation sites (N-methyl/N-ethyl adjacent to an activating group) is 2. The van der Waals surface area contributed by atoms with Crippen molar-refractivity contribution in [2.75, 3.05) is 33.9 Å². The normalized spacial score (nSPS) is 40.8. The molecule has 4 unspecified atom stereocenters. The summed E-state index contributed by atoms with van der Waals surface area (Å²) in [7, 11) is 4.31. The minimum Gasteiger partial charge on any atom is -0.380 e. The first kappa shape index (κ1) is 11.4. The first-order valence-corrected chi connectivity index (χ1v) is 6.17. The average Bonchev–Trinajstić information content (AvgIpc) is 2.94. The van der Waals surface area contributed by atoms with Gasteiger partial charge in [-0.1, -0.05) is 6.92 Å². The number of hydrogen-bond donors (Lipinski definition) is 1. The van der Waals surface area contributed by atoms with Gasteiger partial charge in [0.15, 0.2) is 0 Å². The summed E-state index contributed by atoms with van der Waals surface area (Å²) in [4.78, 5) is 2.49. The summed E-state index contributed by atoms with van der Waals surface area (Å²) in [5.74, 6) is 1.89. The zero-order valence-corrected chi connectivity index (χ0v) is 10.2. The third kappa shape index (κ3) is 2.71. The van der Waals surface area contributed by atoms with E-state index in [9.17, 15) is 0 Å². The van der Waals surface area contributed by atoms with E-state index in [1.165, 1.54) is 13.0 Å². The molecule has 2 rings (SSSR count). The van der Waals surface area contributed by atoms with Gasteiger partial charge in [-0.2, -0.15) is 0 Å². The number of nitrogens with one attached hydrogen (secondary N) is 1. The van der Waals surface area contributed by atoms with E-state index in [0.717, 1.165) is 31.5 Å². The molecular formula is C12H24N2O. The predicted octanol–water partition coefficient (Wildman–Crippen LogP) is 0.951. The Morgan fingerprint density at radius 2 is 2.20 bits per heavy atom. The maximum atomic E-state index is 5.58. The zero-order chi connectivity index (χ0) is 10.8. The van der Waals surface area contributed by atoms with Gasteiger partial charge in [-0.25, -0.2) is 0 Å². The van der Waals surface area contributed by atoms with E-state index in [0.29, 0.717) is 12.1 Å². The van der Waals surface area contributed by atoms with E-state index in [1.807, 2.05) is 0 Å². The molecule has 0 aromatic carbocycles. The molecule has 1 aliphatic carbocycles. The van der Waals surface area contributed by atoms with Gasteiger partial charge in [0.1, 0.15) is 0 Å². The molecule has 88 valence electrons. The second-order valence-electron chi connectivity index (χ2n) is 5.24. The molecule has 0 radical (unpaired) electrons. The van der Waals surface area contributed by atoms with Gasteiger partial charge in [0, 0.05) is 25.2 Å². The molecule has 3 nitrogen and oxygen atoms in total. The van der Waals surface area contributed by atoms with Crippen molar-refractivity contribution in [3.8, 4) is 0 Å². The summed E-state index contributed by atoms with van der Waals surface area (Å²) in [5, 5.41) is 3.42. The van der Waals surface area contributed by atoms with Gasteiger partial charge in [-0.3, -0.25) is 4.90 Å². The third-order valence-corrected chi connectivity index (χ3v) is 4.06. The SMILES string of the molecule is CNC1CCOCC1N(C)CC1CC1C. The highest BCUT2D eigenvalue weighted by Gasteiger charge is 2.36. The summed E-state index contributed by atoms with van der Waals surface area (Å²) in [6, 6.07) is 1.18. The fourth-order valence-corrected chi connectivity index (χ4v) is 2.65. The van der Waals surface area contributed by atoms with Crippen molar-refractivity contribution < 1.29 is 4.74 Å². The fourth-order valence-electron chi connectivity index (χ4n) is 2.65. The van der Waals surface area contributed by atoms with Gasteiger partial charge in [-0.05, 0) is 38.8 Å².